The van der Waals surface area contributed by atoms with Crippen molar-refractivity contribution >= 4 is 5.97 Å². The standard InChI is InChI=1S/C16H21N3O3/c1-12-17-7-8-19(12)10-9-18(2)15(16(21)22)14-5-3-13(11-20)4-6-14/h3-8,15,20H,9-11H2,1-2H3,(H,21,22)/t15-/m0/s1. The molecule has 6 nitrogen and oxygen atoms in total. The first-order valence-corrected chi connectivity index (χ1v) is 7.13. The molecule has 6 heteroatoms. The van der Waals surface area contributed by atoms with Crippen molar-refractivity contribution in [2.24, 2.45) is 0 Å². The Bertz CT molecular complexity index is 622. The molecule has 0 fully saturated rings. The number of rotatable bonds is 7. The molecular formula is C16H21N3O3. The van der Waals surface area contributed by atoms with Crippen LogP contribution in [-0.4, -0.2) is 44.2 Å². The maximum atomic E-state index is 11.6. The van der Waals surface area contributed by atoms with Gasteiger partial charge in [0.1, 0.15) is 11.9 Å². The van der Waals surface area contributed by atoms with Gasteiger partial charge in [0.25, 0.3) is 0 Å². The predicted octanol–water partition coefficient (Wildman–Crippen LogP) is 1.44. The van der Waals surface area contributed by atoms with Crippen LogP contribution < -0.4 is 0 Å². The molecule has 118 valence electrons. The number of aromatic nitrogens is 2. The van der Waals surface area contributed by atoms with Crippen LogP contribution in [0.4, 0.5) is 0 Å². The van der Waals surface area contributed by atoms with Gasteiger partial charge in [-0.05, 0) is 25.1 Å². The molecule has 0 bridgehead atoms. The smallest absolute Gasteiger partial charge is 0.325 e. The van der Waals surface area contributed by atoms with Gasteiger partial charge in [-0.3, -0.25) is 9.69 Å². The lowest BCUT2D eigenvalue weighted by Gasteiger charge is -2.25. The highest BCUT2D eigenvalue weighted by Crippen LogP contribution is 2.20. The lowest BCUT2D eigenvalue weighted by molar-refractivity contribution is -0.143. The molecule has 0 aliphatic carbocycles. The summed E-state index contributed by atoms with van der Waals surface area (Å²) in [6.07, 6.45) is 3.62. The molecule has 0 saturated carbocycles. The Kier molecular flexibility index (Phi) is 5.30. The van der Waals surface area contributed by atoms with Crippen LogP contribution in [0.15, 0.2) is 36.7 Å². The summed E-state index contributed by atoms with van der Waals surface area (Å²) in [4.78, 5) is 17.6. The first-order chi connectivity index (χ1) is 10.5. The van der Waals surface area contributed by atoms with Crippen LogP contribution in [0.25, 0.3) is 0 Å². The first kappa shape index (κ1) is 16.2. The molecular weight excluding hydrogens is 282 g/mol. The number of aryl methyl sites for hydroxylation is 1. The van der Waals surface area contributed by atoms with Gasteiger partial charge < -0.3 is 14.8 Å². The number of carboxylic acid groups (broad SMARTS) is 1. The fraction of sp³-hybridized carbons (Fsp3) is 0.375. The van der Waals surface area contributed by atoms with Crippen LogP contribution in [0.5, 0.6) is 0 Å². The molecule has 1 aromatic heterocycles. The minimum atomic E-state index is -0.887. The Labute approximate surface area is 129 Å². The number of likely N-dealkylation sites (N-methyl/N-ethyl adjacent to an activating group) is 1. The summed E-state index contributed by atoms with van der Waals surface area (Å²) in [6.45, 7) is 3.15. The van der Waals surface area contributed by atoms with Gasteiger partial charge in [-0.1, -0.05) is 24.3 Å². The normalized spacial score (nSPS) is 12.5. The van der Waals surface area contributed by atoms with E-state index in [-0.39, 0.29) is 6.61 Å². The highest BCUT2D eigenvalue weighted by Gasteiger charge is 2.24. The van der Waals surface area contributed by atoms with Gasteiger partial charge in [0.2, 0.25) is 0 Å². The van der Waals surface area contributed by atoms with Gasteiger partial charge in [-0.15, -0.1) is 0 Å². The molecule has 0 saturated heterocycles. The van der Waals surface area contributed by atoms with Gasteiger partial charge >= 0.3 is 5.97 Å². The second-order valence-corrected chi connectivity index (χ2v) is 5.29. The summed E-state index contributed by atoms with van der Waals surface area (Å²) < 4.78 is 1.99. The maximum absolute atomic E-state index is 11.6. The van der Waals surface area contributed by atoms with E-state index in [1.54, 1.807) is 42.4 Å². The largest absolute Gasteiger partial charge is 0.480 e. The van der Waals surface area contributed by atoms with E-state index in [4.69, 9.17) is 5.11 Å². The Morgan fingerprint density at radius 1 is 1.36 bits per heavy atom. The van der Waals surface area contributed by atoms with Crippen molar-refractivity contribution in [3.63, 3.8) is 0 Å². The fourth-order valence-electron chi connectivity index (χ4n) is 2.43. The molecule has 0 spiro atoms. The molecule has 0 aliphatic rings. The number of carbonyl (C=O) groups is 1. The van der Waals surface area contributed by atoms with E-state index >= 15 is 0 Å². The average Bonchev–Trinajstić information content (AvgIpc) is 2.91. The van der Waals surface area contributed by atoms with Gasteiger partial charge in [-0.2, -0.15) is 0 Å². The zero-order valence-electron chi connectivity index (χ0n) is 12.8. The highest BCUT2D eigenvalue weighted by molar-refractivity contribution is 5.75. The summed E-state index contributed by atoms with van der Waals surface area (Å²) in [6, 6.07) is 6.29. The molecule has 0 radical (unpaired) electrons. The Morgan fingerprint density at radius 2 is 2.05 bits per heavy atom. The zero-order valence-corrected chi connectivity index (χ0v) is 12.8. The monoisotopic (exact) mass is 303 g/mol. The van der Waals surface area contributed by atoms with Crippen molar-refractivity contribution in [1.82, 2.24) is 14.5 Å². The van der Waals surface area contributed by atoms with Crippen molar-refractivity contribution < 1.29 is 15.0 Å². The zero-order chi connectivity index (χ0) is 16.1. The molecule has 22 heavy (non-hydrogen) atoms. The van der Waals surface area contributed by atoms with Crippen LogP contribution >= 0.6 is 0 Å². The SMILES string of the molecule is Cc1nccn1CCN(C)[C@H](C(=O)O)c1ccc(CO)cc1. The lowest BCUT2D eigenvalue weighted by Crippen LogP contribution is -2.33. The molecule has 0 aliphatic heterocycles. The molecule has 2 N–H and O–H groups in total. The lowest BCUT2D eigenvalue weighted by atomic mass is 10.0. The van der Waals surface area contributed by atoms with Crippen LogP contribution in [0, 0.1) is 6.92 Å². The first-order valence-electron chi connectivity index (χ1n) is 7.13. The second-order valence-electron chi connectivity index (χ2n) is 5.29. The van der Waals surface area contributed by atoms with Crippen molar-refractivity contribution in [2.75, 3.05) is 13.6 Å². The third-order valence-corrected chi connectivity index (χ3v) is 3.77. The molecule has 1 heterocycles. The van der Waals surface area contributed by atoms with Gasteiger partial charge in [-0.25, -0.2) is 4.98 Å². The topological polar surface area (TPSA) is 78.6 Å². The number of hydrogen-bond donors (Lipinski definition) is 2. The molecule has 1 aromatic carbocycles. The van der Waals surface area contributed by atoms with Crippen molar-refractivity contribution in [2.45, 2.75) is 26.1 Å². The number of imidazole rings is 1. The van der Waals surface area contributed by atoms with E-state index in [9.17, 15) is 9.90 Å². The van der Waals surface area contributed by atoms with Crippen molar-refractivity contribution in [3.8, 4) is 0 Å². The summed E-state index contributed by atoms with van der Waals surface area (Å²) in [5.74, 6) is 0.0224. The molecule has 0 amide bonds. The number of aliphatic hydroxyl groups excluding tert-OH is 1. The average molecular weight is 303 g/mol. The Morgan fingerprint density at radius 3 is 2.55 bits per heavy atom. The second kappa shape index (κ2) is 7.20. The number of hydrogen-bond acceptors (Lipinski definition) is 4. The molecule has 1 atom stereocenters. The fourth-order valence-corrected chi connectivity index (χ4v) is 2.43. The minimum absolute atomic E-state index is 0.0479. The van der Waals surface area contributed by atoms with E-state index in [0.717, 1.165) is 11.4 Å². The van der Waals surface area contributed by atoms with Crippen molar-refractivity contribution in [1.29, 1.82) is 0 Å². The highest BCUT2D eigenvalue weighted by atomic mass is 16.4. The predicted molar refractivity (Wildman–Crippen MR) is 82.3 cm³/mol. The van der Waals surface area contributed by atoms with Crippen LogP contribution in [0.2, 0.25) is 0 Å². The number of nitrogens with zero attached hydrogens (tertiary/aromatic N) is 3. The molecule has 2 rings (SSSR count). The van der Waals surface area contributed by atoms with Crippen LogP contribution in [-0.2, 0) is 17.9 Å². The van der Waals surface area contributed by atoms with E-state index in [1.807, 2.05) is 17.7 Å². The summed E-state index contributed by atoms with van der Waals surface area (Å²) in [5.41, 5.74) is 1.47. The molecule has 0 unspecified atom stereocenters. The summed E-state index contributed by atoms with van der Waals surface area (Å²) >= 11 is 0. The van der Waals surface area contributed by atoms with E-state index in [0.29, 0.717) is 18.7 Å². The van der Waals surface area contributed by atoms with Crippen molar-refractivity contribution in [3.05, 3.63) is 53.6 Å². The molecule has 2 aromatic rings. The quantitative estimate of drug-likeness (QED) is 0.809. The third-order valence-electron chi connectivity index (χ3n) is 3.77. The van der Waals surface area contributed by atoms with Gasteiger partial charge in [0.15, 0.2) is 0 Å². The third kappa shape index (κ3) is 3.72. The number of aliphatic carboxylic acids is 1. The number of aliphatic hydroxyl groups is 1. The Balaban J connectivity index is 2.09. The van der Waals surface area contributed by atoms with Crippen LogP contribution in [0.3, 0.4) is 0 Å². The van der Waals surface area contributed by atoms with E-state index < -0.39 is 12.0 Å². The van der Waals surface area contributed by atoms with Gasteiger partial charge in [0, 0.05) is 25.5 Å². The van der Waals surface area contributed by atoms with Crippen LogP contribution in [0.1, 0.15) is 23.0 Å². The summed E-state index contributed by atoms with van der Waals surface area (Å²) in [5, 5.41) is 18.6. The van der Waals surface area contributed by atoms with Gasteiger partial charge in [0.05, 0.1) is 6.61 Å². The minimum Gasteiger partial charge on any atom is -0.480 e. The number of benzene rings is 1. The van der Waals surface area contributed by atoms with E-state index in [1.165, 1.54) is 0 Å². The maximum Gasteiger partial charge on any atom is 0.325 e. The van der Waals surface area contributed by atoms with E-state index in [2.05, 4.69) is 4.98 Å². The summed E-state index contributed by atoms with van der Waals surface area (Å²) in [7, 11) is 1.80. The number of carboxylic acids is 1. The Hall–Kier alpha value is -2.18.